The Hall–Kier alpha value is -2.62. The molecule has 0 heterocycles. The number of carbonyl (C=O) groups is 2. The predicted molar refractivity (Wildman–Crippen MR) is 94.9 cm³/mol. The Morgan fingerprint density at radius 1 is 0.958 bits per heavy atom. The van der Waals surface area contributed by atoms with Crippen molar-refractivity contribution < 1.29 is 9.59 Å². The molecule has 4 nitrogen and oxygen atoms in total. The fourth-order valence-electron chi connectivity index (χ4n) is 2.76. The van der Waals surface area contributed by atoms with Crippen LogP contribution in [-0.4, -0.2) is 18.4 Å². The van der Waals surface area contributed by atoms with E-state index in [-0.39, 0.29) is 17.7 Å². The van der Waals surface area contributed by atoms with Crippen LogP contribution in [0.1, 0.15) is 35.2 Å². The maximum absolute atomic E-state index is 12.4. The first-order chi connectivity index (χ1) is 11.7. The van der Waals surface area contributed by atoms with Gasteiger partial charge in [-0.15, -0.1) is 0 Å². The summed E-state index contributed by atoms with van der Waals surface area (Å²) in [6, 6.07) is 17.2. The molecule has 0 radical (unpaired) electrons. The van der Waals surface area contributed by atoms with Crippen LogP contribution in [0.5, 0.6) is 0 Å². The van der Waals surface area contributed by atoms with Gasteiger partial charge in [-0.2, -0.15) is 0 Å². The third-order valence-corrected chi connectivity index (χ3v) is 4.45. The zero-order chi connectivity index (χ0) is 16.8. The van der Waals surface area contributed by atoms with Crippen molar-refractivity contribution in [3.63, 3.8) is 0 Å². The lowest BCUT2D eigenvalue weighted by Gasteiger charge is -2.24. The standard InChI is InChI=1S/C20H22N2O2/c23-19(16-9-6-10-16)22-18-12-5-4-11-17(18)20(24)21-14-13-15-7-2-1-3-8-15/h1-5,7-8,11-12,16H,6,9-10,13-14H2,(H,21,24)(H,22,23). The van der Waals surface area contributed by atoms with Crippen LogP contribution in [0.4, 0.5) is 5.69 Å². The highest BCUT2D eigenvalue weighted by Crippen LogP contribution is 2.28. The van der Waals surface area contributed by atoms with E-state index in [0.29, 0.717) is 17.8 Å². The molecule has 4 heteroatoms. The summed E-state index contributed by atoms with van der Waals surface area (Å²) in [5.74, 6) is -0.0413. The third kappa shape index (κ3) is 4.02. The second kappa shape index (κ2) is 7.77. The lowest BCUT2D eigenvalue weighted by molar-refractivity contribution is -0.122. The number of benzene rings is 2. The minimum Gasteiger partial charge on any atom is -0.352 e. The molecule has 1 fully saturated rings. The first-order valence-electron chi connectivity index (χ1n) is 8.46. The van der Waals surface area contributed by atoms with Crippen LogP contribution in [0.2, 0.25) is 0 Å². The van der Waals surface area contributed by atoms with Crippen LogP contribution >= 0.6 is 0 Å². The van der Waals surface area contributed by atoms with Crippen molar-refractivity contribution in [2.75, 3.05) is 11.9 Å². The Kier molecular flexibility index (Phi) is 5.26. The van der Waals surface area contributed by atoms with Gasteiger partial charge in [0.05, 0.1) is 11.3 Å². The van der Waals surface area contributed by atoms with Gasteiger partial charge in [-0.25, -0.2) is 0 Å². The fraction of sp³-hybridized carbons (Fsp3) is 0.300. The molecule has 0 atom stereocenters. The lowest BCUT2D eigenvalue weighted by atomic mass is 9.85. The Balaban J connectivity index is 1.58. The number of para-hydroxylation sites is 1. The second-order valence-electron chi connectivity index (χ2n) is 6.15. The SMILES string of the molecule is O=C(NCCc1ccccc1)c1ccccc1NC(=O)C1CCC1. The van der Waals surface area contributed by atoms with Crippen LogP contribution in [0.25, 0.3) is 0 Å². The molecule has 1 aliphatic carbocycles. The number of hydrogen-bond donors (Lipinski definition) is 2. The molecule has 2 N–H and O–H groups in total. The van der Waals surface area contributed by atoms with E-state index in [1.54, 1.807) is 12.1 Å². The van der Waals surface area contributed by atoms with Crippen molar-refractivity contribution in [1.29, 1.82) is 0 Å². The van der Waals surface area contributed by atoms with Crippen LogP contribution in [0.3, 0.4) is 0 Å². The van der Waals surface area contributed by atoms with Crippen molar-refractivity contribution in [3.05, 3.63) is 65.7 Å². The monoisotopic (exact) mass is 322 g/mol. The molecule has 2 aromatic rings. The highest BCUT2D eigenvalue weighted by molar-refractivity contribution is 6.04. The van der Waals surface area contributed by atoms with Crippen LogP contribution < -0.4 is 10.6 Å². The predicted octanol–water partition coefficient (Wildman–Crippen LogP) is 3.40. The summed E-state index contributed by atoms with van der Waals surface area (Å²) >= 11 is 0. The highest BCUT2D eigenvalue weighted by Gasteiger charge is 2.26. The van der Waals surface area contributed by atoms with Crippen LogP contribution in [0.15, 0.2) is 54.6 Å². The van der Waals surface area contributed by atoms with Gasteiger partial charge in [0, 0.05) is 12.5 Å². The molecule has 24 heavy (non-hydrogen) atoms. The summed E-state index contributed by atoms with van der Waals surface area (Å²) in [5, 5.41) is 5.83. The van der Waals surface area contributed by atoms with E-state index in [2.05, 4.69) is 10.6 Å². The topological polar surface area (TPSA) is 58.2 Å². The minimum atomic E-state index is -0.157. The van der Waals surface area contributed by atoms with Gasteiger partial charge >= 0.3 is 0 Å². The Morgan fingerprint density at radius 2 is 1.67 bits per heavy atom. The van der Waals surface area contributed by atoms with Gasteiger partial charge in [0.25, 0.3) is 5.91 Å². The van der Waals surface area contributed by atoms with Crippen molar-refractivity contribution in [3.8, 4) is 0 Å². The Labute approximate surface area is 142 Å². The zero-order valence-electron chi connectivity index (χ0n) is 13.6. The van der Waals surface area contributed by atoms with Gasteiger partial charge in [0.2, 0.25) is 5.91 Å². The third-order valence-electron chi connectivity index (χ3n) is 4.45. The summed E-state index contributed by atoms with van der Waals surface area (Å²) in [4.78, 5) is 24.6. The van der Waals surface area contributed by atoms with Gasteiger partial charge in [-0.05, 0) is 37.0 Å². The van der Waals surface area contributed by atoms with Crippen molar-refractivity contribution in [2.24, 2.45) is 5.92 Å². The molecule has 2 amide bonds. The van der Waals surface area contributed by atoms with Gasteiger partial charge in [0.1, 0.15) is 0 Å². The van der Waals surface area contributed by atoms with Crippen molar-refractivity contribution >= 4 is 17.5 Å². The molecule has 0 saturated heterocycles. The van der Waals surface area contributed by atoms with Crippen molar-refractivity contribution in [2.45, 2.75) is 25.7 Å². The summed E-state index contributed by atoms with van der Waals surface area (Å²) < 4.78 is 0. The Bertz CT molecular complexity index is 709. The van der Waals surface area contributed by atoms with E-state index in [1.807, 2.05) is 42.5 Å². The fourth-order valence-corrected chi connectivity index (χ4v) is 2.76. The number of rotatable bonds is 6. The molecule has 0 spiro atoms. The molecular weight excluding hydrogens is 300 g/mol. The molecular formula is C20H22N2O2. The number of hydrogen-bond acceptors (Lipinski definition) is 2. The lowest BCUT2D eigenvalue weighted by Crippen LogP contribution is -2.30. The minimum absolute atomic E-state index is 0.0192. The van der Waals surface area contributed by atoms with Gasteiger partial charge in [0.15, 0.2) is 0 Å². The maximum Gasteiger partial charge on any atom is 0.253 e. The highest BCUT2D eigenvalue weighted by atomic mass is 16.2. The molecule has 1 aliphatic rings. The van der Waals surface area contributed by atoms with Gasteiger partial charge in [-0.3, -0.25) is 9.59 Å². The Morgan fingerprint density at radius 3 is 2.38 bits per heavy atom. The van der Waals surface area contributed by atoms with Gasteiger partial charge < -0.3 is 10.6 Å². The number of nitrogens with one attached hydrogen (secondary N) is 2. The average Bonchev–Trinajstić information content (AvgIpc) is 2.54. The molecule has 3 rings (SSSR count). The molecule has 0 bridgehead atoms. The summed E-state index contributed by atoms with van der Waals surface area (Å²) in [5.41, 5.74) is 2.29. The molecule has 0 aromatic heterocycles. The molecule has 0 unspecified atom stereocenters. The van der Waals surface area contributed by atoms with Crippen LogP contribution in [0, 0.1) is 5.92 Å². The average molecular weight is 322 g/mol. The molecule has 2 aromatic carbocycles. The summed E-state index contributed by atoms with van der Waals surface area (Å²) in [6.45, 7) is 0.563. The number of anilines is 1. The van der Waals surface area contributed by atoms with E-state index in [4.69, 9.17) is 0 Å². The van der Waals surface area contributed by atoms with E-state index >= 15 is 0 Å². The number of amides is 2. The summed E-state index contributed by atoms with van der Waals surface area (Å²) in [6.07, 6.45) is 3.78. The molecule has 0 aliphatic heterocycles. The number of carbonyl (C=O) groups excluding carboxylic acids is 2. The van der Waals surface area contributed by atoms with E-state index in [9.17, 15) is 9.59 Å². The van der Waals surface area contributed by atoms with E-state index in [1.165, 1.54) is 5.56 Å². The molecule has 1 saturated carbocycles. The largest absolute Gasteiger partial charge is 0.352 e. The van der Waals surface area contributed by atoms with E-state index < -0.39 is 0 Å². The summed E-state index contributed by atoms with van der Waals surface area (Å²) in [7, 11) is 0. The first kappa shape index (κ1) is 16.2. The first-order valence-corrected chi connectivity index (χ1v) is 8.46. The normalized spacial score (nSPS) is 13.8. The smallest absolute Gasteiger partial charge is 0.253 e. The maximum atomic E-state index is 12.4. The second-order valence-corrected chi connectivity index (χ2v) is 6.15. The zero-order valence-corrected chi connectivity index (χ0v) is 13.6. The molecule has 124 valence electrons. The van der Waals surface area contributed by atoms with E-state index in [0.717, 1.165) is 25.7 Å². The van der Waals surface area contributed by atoms with Crippen molar-refractivity contribution in [1.82, 2.24) is 5.32 Å². The van der Waals surface area contributed by atoms with Crippen LogP contribution in [-0.2, 0) is 11.2 Å². The quantitative estimate of drug-likeness (QED) is 0.856. The van der Waals surface area contributed by atoms with Gasteiger partial charge in [-0.1, -0.05) is 48.9 Å².